The fourth-order valence-electron chi connectivity index (χ4n) is 3.51. The molecule has 3 amide bonds. The molecule has 2 unspecified atom stereocenters. The van der Waals surface area contributed by atoms with Gasteiger partial charge in [0.2, 0.25) is 11.8 Å². The van der Waals surface area contributed by atoms with Crippen molar-refractivity contribution in [1.29, 1.82) is 0 Å². The molecule has 1 aromatic rings. The molecule has 0 fully saturated rings. The Morgan fingerprint density at radius 2 is 1.69 bits per heavy atom. The molecule has 0 aliphatic rings. The first-order chi connectivity index (χ1) is 16.2. The zero-order chi connectivity index (χ0) is 26.8. The monoisotopic (exact) mass is 503 g/mol. The molecular weight excluding hydrogens is 462 g/mol. The molecular formula is C27H41N3O4S. The number of alkyl carbamates (subject to hydrolysis) is 1. The minimum atomic E-state index is -0.993. The molecule has 8 heteroatoms. The van der Waals surface area contributed by atoms with Gasteiger partial charge < -0.3 is 20.3 Å². The molecule has 1 aromatic carbocycles. The number of thiol groups is 1. The zero-order valence-electron chi connectivity index (χ0n) is 22.1. The smallest absolute Gasteiger partial charge is 0.408 e. The summed E-state index contributed by atoms with van der Waals surface area (Å²) in [5, 5.41) is 5.59. The number of terminal acetylenes is 1. The standard InChI is InChI=1S/C27H41N3O4S/c1-9-11-12-17-28-23(31)22(20-15-13-19(10-2)14-16-20)30(26(3,4)5)24(32)21(18-35)29-25(33)34-27(6,7)8/h2,13-16,21-22,35H,9,11-12,17-18H2,1,3-8H3,(H,28,31)(H,29,33). The summed E-state index contributed by atoms with van der Waals surface area (Å²) < 4.78 is 5.33. The van der Waals surface area contributed by atoms with Crippen molar-refractivity contribution >= 4 is 30.5 Å². The molecule has 0 heterocycles. The maximum Gasteiger partial charge on any atom is 0.408 e. The molecule has 0 bridgehead atoms. The third-order valence-corrected chi connectivity index (χ3v) is 5.48. The van der Waals surface area contributed by atoms with Crippen molar-refractivity contribution in [3.63, 3.8) is 0 Å². The molecule has 0 spiro atoms. The lowest BCUT2D eigenvalue weighted by molar-refractivity contribution is -0.148. The van der Waals surface area contributed by atoms with E-state index in [4.69, 9.17) is 11.2 Å². The summed E-state index contributed by atoms with van der Waals surface area (Å²) in [6.45, 7) is 13.4. The third-order valence-electron chi connectivity index (χ3n) is 5.11. The van der Waals surface area contributed by atoms with E-state index < -0.39 is 35.2 Å². The van der Waals surface area contributed by atoms with Crippen LogP contribution < -0.4 is 10.6 Å². The van der Waals surface area contributed by atoms with Crippen LogP contribution in [0.25, 0.3) is 0 Å². The lowest BCUT2D eigenvalue weighted by Crippen LogP contribution is -2.59. The normalized spacial score (nSPS) is 13.2. The number of nitrogens with one attached hydrogen (secondary N) is 2. The van der Waals surface area contributed by atoms with E-state index in [9.17, 15) is 14.4 Å². The van der Waals surface area contributed by atoms with Gasteiger partial charge >= 0.3 is 6.09 Å². The van der Waals surface area contributed by atoms with Crippen LogP contribution in [0.2, 0.25) is 0 Å². The van der Waals surface area contributed by atoms with Gasteiger partial charge in [-0.3, -0.25) is 9.59 Å². The van der Waals surface area contributed by atoms with Crippen molar-refractivity contribution < 1.29 is 19.1 Å². The fourth-order valence-corrected chi connectivity index (χ4v) is 3.76. The quantitative estimate of drug-likeness (QED) is 0.250. The summed E-state index contributed by atoms with van der Waals surface area (Å²) in [6.07, 6.45) is 7.64. The molecule has 2 N–H and O–H groups in total. The Labute approximate surface area is 216 Å². The molecule has 0 aliphatic carbocycles. The molecule has 35 heavy (non-hydrogen) atoms. The number of hydrogen-bond donors (Lipinski definition) is 3. The van der Waals surface area contributed by atoms with E-state index in [1.165, 1.54) is 4.90 Å². The van der Waals surface area contributed by atoms with E-state index in [1.807, 2.05) is 20.8 Å². The van der Waals surface area contributed by atoms with E-state index in [0.29, 0.717) is 17.7 Å². The lowest BCUT2D eigenvalue weighted by Gasteiger charge is -2.43. The van der Waals surface area contributed by atoms with Gasteiger partial charge in [-0.25, -0.2) is 4.79 Å². The predicted octanol–water partition coefficient (Wildman–Crippen LogP) is 4.47. The van der Waals surface area contributed by atoms with Gasteiger partial charge in [0.05, 0.1) is 0 Å². The van der Waals surface area contributed by atoms with Crippen molar-refractivity contribution in [2.75, 3.05) is 12.3 Å². The largest absolute Gasteiger partial charge is 0.444 e. The van der Waals surface area contributed by atoms with E-state index in [1.54, 1.807) is 45.0 Å². The number of nitrogens with zero attached hydrogens (tertiary/aromatic N) is 1. The Balaban J connectivity index is 3.41. The van der Waals surface area contributed by atoms with E-state index in [-0.39, 0.29) is 11.7 Å². The lowest BCUT2D eigenvalue weighted by atomic mass is 9.95. The average Bonchev–Trinajstić information content (AvgIpc) is 2.76. The van der Waals surface area contributed by atoms with Crippen molar-refractivity contribution in [2.24, 2.45) is 0 Å². The van der Waals surface area contributed by atoms with Gasteiger partial charge in [0, 0.05) is 23.4 Å². The molecule has 0 aromatic heterocycles. The maximum atomic E-state index is 13.8. The first-order valence-corrected chi connectivity index (χ1v) is 12.7. The maximum absolute atomic E-state index is 13.8. The summed E-state index contributed by atoms with van der Waals surface area (Å²) in [7, 11) is 0. The van der Waals surface area contributed by atoms with Crippen LogP contribution in [0, 0.1) is 12.3 Å². The summed E-state index contributed by atoms with van der Waals surface area (Å²) in [5.74, 6) is 1.87. The summed E-state index contributed by atoms with van der Waals surface area (Å²) >= 11 is 4.30. The highest BCUT2D eigenvalue weighted by molar-refractivity contribution is 7.80. The van der Waals surface area contributed by atoms with Crippen molar-refractivity contribution in [1.82, 2.24) is 15.5 Å². The van der Waals surface area contributed by atoms with Gasteiger partial charge in [-0.2, -0.15) is 12.6 Å². The van der Waals surface area contributed by atoms with Crippen molar-refractivity contribution in [3.8, 4) is 12.3 Å². The Bertz CT molecular complexity index is 895. The Morgan fingerprint density at radius 1 is 1.09 bits per heavy atom. The Morgan fingerprint density at radius 3 is 2.14 bits per heavy atom. The van der Waals surface area contributed by atoms with Gasteiger partial charge in [0.25, 0.3) is 0 Å². The molecule has 1 rings (SSSR count). The second kappa shape index (κ2) is 13.4. The number of rotatable bonds is 10. The van der Waals surface area contributed by atoms with Gasteiger partial charge in [0.15, 0.2) is 0 Å². The molecule has 7 nitrogen and oxygen atoms in total. The van der Waals surface area contributed by atoms with Crippen LogP contribution in [0.1, 0.15) is 84.9 Å². The van der Waals surface area contributed by atoms with Crippen LogP contribution in [0.15, 0.2) is 24.3 Å². The highest BCUT2D eigenvalue weighted by Gasteiger charge is 2.41. The summed E-state index contributed by atoms with van der Waals surface area (Å²) in [5.41, 5.74) is -0.193. The SMILES string of the molecule is C#Cc1ccc(C(C(=O)NCCCCC)N(C(=O)C(CS)NC(=O)OC(C)(C)C)C(C)(C)C)cc1. The number of carbonyl (C=O) groups excluding carboxylic acids is 3. The molecule has 0 radical (unpaired) electrons. The van der Waals surface area contributed by atoms with Crippen LogP contribution in [-0.4, -0.2) is 52.3 Å². The molecule has 2 atom stereocenters. The van der Waals surface area contributed by atoms with Crippen LogP contribution in [0.4, 0.5) is 4.79 Å². The number of carbonyl (C=O) groups is 3. The highest BCUT2D eigenvalue weighted by Crippen LogP contribution is 2.30. The van der Waals surface area contributed by atoms with Crippen LogP contribution in [0.3, 0.4) is 0 Å². The second-order valence-corrected chi connectivity index (χ2v) is 10.8. The van der Waals surface area contributed by atoms with Crippen LogP contribution >= 0.6 is 12.6 Å². The van der Waals surface area contributed by atoms with Gasteiger partial charge in [-0.05, 0) is 65.7 Å². The molecule has 194 valence electrons. The first-order valence-electron chi connectivity index (χ1n) is 12.0. The third kappa shape index (κ3) is 9.85. The molecule has 0 saturated carbocycles. The second-order valence-electron chi connectivity index (χ2n) is 10.4. The van der Waals surface area contributed by atoms with Crippen LogP contribution in [-0.2, 0) is 14.3 Å². The van der Waals surface area contributed by atoms with Crippen LogP contribution in [0.5, 0.6) is 0 Å². The highest BCUT2D eigenvalue weighted by atomic mass is 32.1. The van der Waals surface area contributed by atoms with E-state index in [0.717, 1.165) is 19.3 Å². The number of hydrogen-bond acceptors (Lipinski definition) is 5. The fraction of sp³-hybridized carbons (Fsp3) is 0.593. The summed E-state index contributed by atoms with van der Waals surface area (Å²) in [4.78, 5) is 41.3. The number of ether oxygens (including phenoxy) is 1. The van der Waals surface area contributed by atoms with Crippen molar-refractivity contribution in [2.45, 2.75) is 91.0 Å². The Hall–Kier alpha value is -2.66. The van der Waals surface area contributed by atoms with Gasteiger partial charge in [-0.15, -0.1) is 6.42 Å². The molecule has 0 aliphatic heterocycles. The minimum Gasteiger partial charge on any atom is -0.444 e. The topological polar surface area (TPSA) is 87.7 Å². The first kappa shape index (κ1) is 30.4. The zero-order valence-corrected chi connectivity index (χ0v) is 23.0. The van der Waals surface area contributed by atoms with Gasteiger partial charge in [-0.1, -0.05) is 37.8 Å². The van der Waals surface area contributed by atoms with E-state index in [2.05, 4.69) is 36.1 Å². The van der Waals surface area contributed by atoms with Gasteiger partial charge in [0.1, 0.15) is 17.7 Å². The predicted molar refractivity (Wildman–Crippen MR) is 143 cm³/mol. The van der Waals surface area contributed by atoms with E-state index >= 15 is 0 Å². The number of benzene rings is 1. The molecule has 0 saturated heterocycles. The number of amides is 3. The Kier molecular flexibility index (Phi) is 11.7. The minimum absolute atomic E-state index is 0.0333. The average molecular weight is 504 g/mol. The summed E-state index contributed by atoms with van der Waals surface area (Å²) in [6, 6.07) is 5.08. The number of unbranched alkanes of at least 4 members (excludes halogenated alkanes) is 2. The van der Waals surface area contributed by atoms with Crippen molar-refractivity contribution in [3.05, 3.63) is 35.4 Å².